The molecule has 0 aromatic heterocycles. The van der Waals surface area contributed by atoms with Crippen LogP contribution < -0.4 is 5.73 Å². The molecular formula is C12H20N2O. The van der Waals surface area contributed by atoms with E-state index in [0.717, 1.165) is 44.2 Å². The Morgan fingerprint density at radius 3 is 2.73 bits per heavy atom. The topological polar surface area (TPSA) is 46.3 Å². The molecule has 3 atom stereocenters. The predicted molar refractivity (Wildman–Crippen MR) is 58.1 cm³/mol. The molecule has 3 heteroatoms. The van der Waals surface area contributed by atoms with Crippen LogP contribution in [0.3, 0.4) is 0 Å². The van der Waals surface area contributed by atoms with Gasteiger partial charge in [-0.25, -0.2) is 0 Å². The molecule has 1 amide bonds. The van der Waals surface area contributed by atoms with Crippen LogP contribution in [0.5, 0.6) is 0 Å². The summed E-state index contributed by atoms with van der Waals surface area (Å²) in [5, 5.41) is 0. The Morgan fingerprint density at radius 1 is 1.27 bits per heavy atom. The van der Waals surface area contributed by atoms with E-state index in [-0.39, 0.29) is 6.04 Å². The number of hydrogen-bond acceptors (Lipinski definition) is 2. The van der Waals surface area contributed by atoms with Crippen molar-refractivity contribution in [3.8, 4) is 0 Å². The highest BCUT2D eigenvalue weighted by atomic mass is 16.2. The third kappa shape index (κ3) is 1.89. The number of carbonyl (C=O) groups is 1. The van der Waals surface area contributed by atoms with E-state index in [1.165, 1.54) is 12.8 Å². The number of likely N-dealkylation sites (tertiary alicyclic amines) is 1. The molecule has 1 aliphatic heterocycles. The fourth-order valence-electron chi connectivity index (χ4n) is 2.99. The van der Waals surface area contributed by atoms with Gasteiger partial charge in [-0.3, -0.25) is 4.79 Å². The molecule has 1 saturated heterocycles. The summed E-state index contributed by atoms with van der Waals surface area (Å²) in [4.78, 5) is 14.1. The highest BCUT2D eigenvalue weighted by molar-refractivity contribution is 5.82. The molecule has 0 aromatic carbocycles. The van der Waals surface area contributed by atoms with E-state index in [4.69, 9.17) is 5.73 Å². The first kappa shape index (κ1) is 9.64. The molecule has 3 rings (SSSR count). The molecule has 2 unspecified atom stereocenters. The van der Waals surface area contributed by atoms with Crippen LogP contribution in [-0.4, -0.2) is 29.9 Å². The molecule has 3 fully saturated rings. The summed E-state index contributed by atoms with van der Waals surface area (Å²) in [6.45, 7) is 1.74. The quantitative estimate of drug-likeness (QED) is 0.735. The van der Waals surface area contributed by atoms with Crippen molar-refractivity contribution in [1.82, 2.24) is 4.90 Å². The van der Waals surface area contributed by atoms with Gasteiger partial charge in [0.2, 0.25) is 5.91 Å². The third-order valence-electron chi connectivity index (χ3n) is 4.15. The van der Waals surface area contributed by atoms with Crippen LogP contribution in [0.1, 0.15) is 32.1 Å². The average Bonchev–Trinajstić information content (AvgIpc) is 3.07. The van der Waals surface area contributed by atoms with E-state index in [1.807, 2.05) is 4.90 Å². The van der Waals surface area contributed by atoms with Gasteiger partial charge in [0.25, 0.3) is 0 Å². The zero-order valence-corrected chi connectivity index (χ0v) is 9.19. The minimum absolute atomic E-state index is 0.223. The molecule has 84 valence electrons. The van der Waals surface area contributed by atoms with Gasteiger partial charge in [-0.1, -0.05) is 0 Å². The van der Waals surface area contributed by atoms with Crippen molar-refractivity contribution in [3.05, 3.63) is 0 Å². The van der Waals surface area contributed by atoms with E-state index in [9.17, 15) is 4.79 Å². The van der Waals surface area contributed by atoms with Crippen molar-refractivity contribution in [3.63, 3.8) is 0 Å². The van der Waals surface area contributed by atoms with Crippen molar-refractivity contribution in [2.24, 2.45) is 23.5 Å². The first-order valence-corrected chi connectivity index (χ1v) is 6.30. The Labute approximate surface area is 91.0 Å². The summed E-state index contributed by atoms with van der Waals surface area (Å²) in [6, 6.07) is 0.223. The fourth-order valence-corrected chi connectivity index (χ4v) is 2.99. The Bertz CT molecular complexity index is 275. The molecule has 3 nitrogen and oxygen atoms in total. The van der Waals surface area contributed by atoms with Crippen LogP contribution in [-0.2, 0) is 4.79 Å². The lowest BCUT2D eigenvalue weighted by Gasteiger charge is -2.31. The average molecular weight is 208 g/mol. The minimum atomic E-state index is 0.223. The van der Waals surface area contributed by atoms with Gasteiger partial charge in [0.1, 0.15) is 0 Å². The van der Waals surface area contributed by atoms with Crippen molar-refractivity contribution in [1.29, 1.82) is 0 Å². The summed E-state index contributed by atoms with van der Waals surface area (Å²) in [7, 11) is 0. The maximum atomic E-state index is 12.1. The highest BCUT2D eigenvalue weighted by Gasteiger charge is 2.52. The zero-order valence-electron chi connectivity index (χ0n) is 9.19. The van der Waals surface area contributed by atoms with Gasteiger partial charge in [0.15, 0.2) is 0 Å². The van der Waals surface area contributed by atoms with Gasteiger partial charge in [0.05, 0.1) is 0 Å². The Morgan fingerprint density at radius 2 is 2.07 bits per heavy atom. The Balaban J connectivity index is 1.55. The molecule has 2 aliphatic carbocycles. The number of rotatable bonds is 2. The summed E-state index contributed by atoms with van der Waals surface area (Å²) < 4.78 is 0. The predicted octanol–water partition coefficient (Wildman–Crippen LogP) is 0.982. The van der Waals surface area contributed by atoms with Crippen LogP contribution in [0.25, 0.3) is 0 Å². The lowest BCUT2D eigenvalue weighted by atomic mass is 10.1. The molecule has 0 aromatic rings. The van der Waals surface area contributed by atoms with Gasteiger partial charge < -0.3 is 10.6 Å². The molecule has 2 saturated carbocycles. The summed E-state index contributed by atoms with van der Waals surface area (Å²) >= 11 is 0. The van der Waals surface area contributed by atoms with Crippen molar-refractivity contribution in [2.45, 2.75) is 38.1 Å². The molecule has 0 bridgehead atoms. The number of hydrogen-bond donors (Lipinski definition) is 1. The number of nitrogens with zero attached hydrogens (tertiary/aromatic N) is 1. The number of carbonyl (C=O) groups excluding carboxylic acids is 1. The second-order valence-corrected chi connectivity index (χ2v) is 5.53. The van der Waals surface area contributed by atoms with Crippen LogP contribution in [0.2, 0.25) is 0 Å². The summed E-state index contributed by atoms with van der Waals surface area (Å²) in [5.41, 5.74) is 5.90. The normalized spacial score (nSPS) is 40.3. The Hall–Kier alpha value is -0.570. The lowest BCUT2D eigenvalue weighted by molar-refractivity contribution is -0.134. The zero-order chi connectivity index (χ0) is 10.4. The fraction of sp³-hybridized carbons (Fsp3) is 0.917. The molecule has 1 heterocycles. The summed E-state index contributed by atoms with van der Waals surface area (Å²) in [6.07, 6.45) is 6.07. The maximum absolute atomic E-state index is 12.1. The second kappa shape index (κ2) is 3.48. The van der Waals surface area contributed by atoms with Crippen molar-refractivity contribution >= 4 is 5.91 Å². The molecule has 0 radical (unpaired) electrons. The Kier molecular flexibility index (Phi) is 2.23. The third-order valence-corrected chi connectivity index (χ3v) is 4.15. The maximum Gasteiger partial charge on any atom is 0.226 e. The molecular weight excluding hydrogens is 188 g/mol. The molecule has 0 spiro atoms. The van der Waals surface area contributed by atoms with Crippen LogP contribution in [0, 0.1) is 17.8 Å². The van der Waals surface area contributed by atoms with Gasteiger partial charge in [-0.15, -0.1) is 0 Å². The van der Waals surface area contributed by atoms with Crippen molar-refractivity contribution < 1.29 is 4.79 Å². The van der Waals surface area contributed by atoms with Crippen LogP contribution >= 0.6 is 0 Å². The molecule has 2 N–H and O–H groups in total. The number of amides is 1. The van der Waals surface area contributed by atoms with Gasteiger partial charge >= 0.3 is 0 Å². The first-order chi connectivity index (χ1) is 7.25. The van der Waals surface area contributed by atoms with E-state index < -0.39 is 0 Å². The monoisotopic (exact) mass is 208 g/mol. The van der Waals surface area contributed by atoms with Gasteiger partial charge in [-0.05, 0) is 43.9 Å². The SMILES string of the molecule is N[C@@H]1CCCN(C(=O)C2CC2C2CC2)C1. The number of nitrogens with two attached hydrogens (primary N) is 1. The van der Waals surface area contributed by atoms with E-state index in [0.29, 0.717) is 11.8 Å². The first-order valence-electron chi connectivity index (χ1n) is 6.30. The van der Waals surface area contributed by atoms with Crippen molar-refractivity contribution in [2.75, 3.05) is 13.1 Å². The molecule has 15 heavy (non-hydrogen) atoms. The second-order valence-electron chi connectivity index (χ2n) is 5.53. The van der Waals surface area contributed by atoms with Crippen LogP contribution in [0.15, 0.2) is 0 Å². The molecule has 3 aliphatic rings. The smallest absolute Gasteiger partial charge is 0.226 e. The van der Waals surface area contributed by atoms with Gasteiger partial charge in [0, 0.05) is 25.0 Å². The van der Waals surface area contributed by atoms with E-state index in [2.05, 4.69) is 0 Å². The van der Waals surface area contributed by atoms with E-state index in [1.54, 1.807) is 0 Å². The lowest BCUT2D eigenvalue weighted by Crippen LogP contribution is -2.46. The van der Waals surface area contributed by atoms with Crippen LogP contribution in [0.4, 0.5) is 0 Å². The number of piperidine rings is 1. The highest BCUT2D eigenvalue weighted by Crippen LogP contribution is 2.54. The standard InChI is InChI=1S/C12H20N2O/c13-9-2-1-5-14(7-9)12(15)11-6-10(11)8-3-4-8/h8-11H,1-7,13H2/t9-,10?,11?/m1/s1. The van der Waals surface area contributed by atoms with E-state index >= 15 is 0 Å². The summed E-state index contributed by atoms with van der Waals surface area (Å²) in [5.74, 6) is 2.43. The van der Waals surface area contributed by atoms with Gasteiger partial charge in [-0.2, -0.15) is 0 Å². The minimum Gasteiger partial charge on any atom is -0.341 e. The largest absolute Gasteiger partial charge is 0.341 e.